The lowest BCUT2D eigenvalue weighted by molar-refractivity contribution is -0.145. The van der Waals surface area contributed by atoms with Crippen molar-refractivity contribution in [2.24, 2.45) is 0 Å². The molecule has 1 aromatic heterocycles. The molecule has 2 rings (SSSR count). The van der Waals surface area contributed by atoms with Gasteiger partial charge in [-0.1, -0.05) is 30.3 Å². The number of carbonyl (C=O) groups is 3. The second-order valence-corrected chi connectivity index (χ2v) is 5.74. The molecule has 0 aliphatic heterocycles. The molecule has 1 aromatic carbocycles. The third-order valence-corrected chi connectivity index (χ3v) is 3.70. The second kappa shape index (κ2) is 8.84. The molecule has 1 atom stereocenters. The number of esters is 2. The maximum absolute atomic E-state index is 12.1. The van der Waals surface area contributed by atoms with Crippen LogP contribution in [0.3, 0.4) is 0 Å². The van der Waals surface area contributed by atoms with Crippen LogP contribution < -0.4 is 5.32 Å². The zero-order chi connectivity index (χ0) is 19.1. The molecular formula is C19H21NO6. The average Bonchev–Trinajstić information content (AvgIpc) is 2.97. The molecule has 0 fully saturated rings. The van der Waals surface area contributed by atoms with Crippen molar-refractivity contribution in [3.8, 4) is 0 Å². The van der Waals surface area contributed by atoms with Crippen LogP contribution in [0, 0.1) is 13.8 Å². The van der Waals surface area contributed by atoms with E-state index in [4.69, 9.17) is 13.9 Å². The Balaban J connectivity index is 1.93. The van der Waals surface area contributed by atoms with Crippen molar-refractivity contribution < 1.29 is 28.3 Å². The van der Waals surface area contributed by atoms with E-state index in [9.17, 15) is 14.4 Å². The fourth-order valence-electron chi connectivity index (χ4n) is 2.46. The summed E-state index contributed by atoms with van der Waals surface area (Å²) in [5.41, 5.74) is 1.13. The SMILES string of the molecule is COC(=O)[C@@H](Cc1ccccc1)NC(=O)COC(=O)c1cc(C)oc1C. The Morgan fingerprint density at radius 3 is 2.42 bits per heavy atom. The number of ether oxygens (including phenoxy) is 2. The van der Waals surface area contributed by atoms with Crippen LogP contribution >= 0.6 is 0 Å². The normalized spacial score (nSPS) is 11.5. The van der Waals surface area contributed by atoms with Crippen molar-refractivity contribution in [3.05, 3.63) is 59.0 Å². The van der Waals surface area contributed by atoms with Crippen LogP contribution in [0.1, 0.15) is 27.4 Å². The van der Waals surface area contributed by atoms with Gasteiger partial charge in [0.05, 0.1) is 7.11 Å². The number of rotatable bonds is 7. The molecule has 0 unspecified atom stereocenters. The van der Waals surface area contributed by atoms with Gasteiger partial charge in [-0.05, 0) is 25.5 Å². The summed E-state index contributed by atoms with van der Waals surface area (Å²) >= 11 is 0. The zero-order valence-corrected chi connectivity index (χ0v) is 14.9. The summed E-state index contributed by atoms with van der Waals surface area (Å²) in [5, 5.41) is 2.53. The van der Waals surface area contributed by atoms with Gasteiger partial charge in [0, 0.05) is 6.42 Å². The predicted octanol–water partition coefficient (Wildman–Crippen LogP) is 1.95. The first-order valence-electron chi connectivity index (χ1n) is 8.06. The largest absolute Gasteiger partial charge is 0.467 e. The van der Waals surface area contributed by atoms with Gasteiger partial charge in [0.25, 0.3) is 5.91 Å². The Morgan fingerprint density at radius 1 is 1.15 bits per heavy atom. The first-order valence-corrected chi connectivity index (χ1v) is 8.06. The minimum Gasteiger partial charge on any atom is -0.467 e. The number of hydrogen-bond acceptors (Lipinski definition) is 6. The summed E-state index contributed by atoms with van der Waals surface area (Å²) in [6.45, 7) is 2.84. The fraction of sp³-hybridized carbons (Fsp3) is 0.316. The van der Waals surface area contributed by atoms with Crippen LogP contribution in [0.2, 0.25) is 0 Å². The molecule has 26 heavy (non-hydrogen) atoms. The van der Waals surface area contributed by atoms with Crippen molar-refractivity contribution in [1.29, 1.82) is 0 Å². The molecule has 0 spiro atoms. The highest BCUT2D eigenvalue weighted by Gasteiger charge is 2.23. The Bertz CT molecular complexity index is 781. The summed E-state index contributed by atoms with van der Waals surface area (Å²) in [5.74, 6) is -0.832. The highest BCUT2D eigenvalue weighted by atomic mass is 16.5. The summed E-state index contributed by atoms with van der Waals surface area (Å²) in [6.07, 6.45) is 0.271. The van der Waals surface area contributed by atoms with Gasteiger partial charge in [-0.2, -0.15) is 0 Å². The number of methoxy groups -OCH3 is 1. The van der Waals surface area contributed by atoms with Gasteiger partial charge >= 0.3 is 11.9 Å². The van der Waals surface area contributed by atoms with Crippen molar-refractivity contribution in [1.82, 2.24) is 5.32 Å². The lowest BCUT2D eigenvalue weighted by Gasteiger charge is -2.16. The number of hydrogen-bond donors (Lipinski definition) is 1. The quantitative estimate of drug-likeness (QED) is 0.760. The molecule has 138 valence electrons. The standard InChI is InChI=1S/C19H21NO6/c1-12-9-15(13(2)26-12)18(22)25-11-17(21)20-16(19(23)24-3)10-14-7-5-4-6-8-14/h4-9,16H,10-11H2,1-3H3,(H,20,21)/t16-/m1/s1. The topological polar surface area (TPSA) is 94.8 Å². The number of nitrogens with one attached hydrogen (secondary N) is 1. The van der Waals surface area contributed by atoms with Gasteiger partial charge in [0.15, 0.2) is 6.61 Å². The summed E-state index contributed by atoms with van der Waals surface area (Å²) in [7, 11) is 1.25. The third-order valence-electron chi connectivity index (χ3n) is 3.70. The van der Waals surface area contributed by atoms with E-state index >= 15 is 0 Å². The van der Waals surface area contributed by atoms with Crippen molar-refractivity contribution in [2.75, 3.05) is 13.7 Å². The van der Waals surface area contributed by atoms with Crippen LogP contribution in [-0.2, 0) is 25.5 Å². The predicted molar refractivity (Wildman–Crippen MR) is 92.6 cm³/mol. The van der Waals surface area contributed by atoms with Gasteiger partial charge in [-0.15, -0.1) is 0 Å². The number of furan rings is 1. The number of amides is 1. The smallest absolute Gasteiger partial charge is 0.342 e. The Labute approximate surface area is 151 Å². The highest BCUT2D eigenvalue weighted by molar-refractivity contribution is 5.93. The lowest BCUT2D eigenvalue weighted by atomic mass is 10.1. The molecule has 1 amide bonds. The van der Waals surface area contributed by atoms with Gasteiger partial charge in [0.1, 0.15) is 23.1 Å². The van der Waals surface area contributed by atoms with E-state index in [-0.39, 0.29) is 12.0 Å². The molecule has 7 nitrogen and oxygen atoms in total. The monoisotopic (exact) mass is 359 g/mol. The fourth-order valence-corrected chi connectivity index (χ4v) is 2.46. The van der Waals surface area contributed by atoms with E-state index in [0.29, 0.717) is 11.5 Å². The molecule has 7 heteroatoms. The average molecular weight is 359 g/mol. The van der Waals surface area contributed by atoms with E-state index in [1.165, 1.54) is 7.11 Å². The van der Waals surface area contributed by atoms with Crippen LogP contribution in [-0.4, -0.2) is 37.6 Å². The Hall–Kier alpha value is -3.09. The zero-order valence-electron chi connectivity index (χ0n) is 14.9. The van der Waals surface area contributed by atoms with Crippen LogP contribution in [0.4, 0.5) is 0 Å². The lowest BCUT2D eigenvalue weighted by Crippen LogP contribution is -2.44. The summed E-state index contributed by atoms with van der Waals surface area (Å²) in [4.78, 5) is 36.0. The van der Waals surface area contributed by atoms with E-state index in [0.717, 1.165) is 5.56 Å². The van der Waals surface area contributed by atoms with Gasteiger partial charge in [0.2, 0.25) is 0 Å². The van der Waals surface area contributed by atoms with Crippen molar-refractivity contribution in [2.45, 2.75) is 26.3 Å². The molecule has 1 N–H and O–H groups in total. The van der Waals surface area contributed by atoms with Crippen molar-refractivity contribution in [3.63, 3.8) is 0 Å². The van der Waals surface area contributed by atoms with Gasteiger partial charge < -0.3 is 19.2 Å². The van der Waals surface area contributed by atoms with E-state index < -0.39 is 30.5 Å². The van der Waals surface area contributed by atoms with E-state index in [1.54, 1.807) is 19.9 Å². The first-order chi connectivity index (χ1) is 12.4. The molecule has 0 aliphatic rings. The van der Waals surface area contributed by atoms with Gasteiger partial charge in [-0.25, -0.2) is 9.59 Å². The Kier molecular flexibility index (Phi) is 6.54. The summed E-state index contributed by atoms with van der Waals surface area (Å²) < 4.78 is 15.0. The molecule has 2 aromatic rings. The second-order valence-electron chi connectivity index (χ2n) is 5.74. The number of carbonyl (C=O) groups excluding carboxylic acids is 3. The molecule has 0 radical (unpaired) electrons. The molecule has 0 aliphatic carbocycles. The third kappa shape index (κ3) is 5.20. The van der Waals surface area contributed by atoms with Crippen LogP contribution in [0.5, 0.6) is 0 Å². The minimum absolute atomic E-state index is 0.268. The first kappa shape index (κ1) is 19.2. The molecule has 0 saturated heterocycles. The van der Waals surface area contributed by atoms with Gasteiger partial charge in [-0.3, -0.25) is 4.79 Å². The molecule has 1 heterocycles. The maximum atomic E-state index is 12.1. The molecular weight excluding hydrogens is 338 g/mol. The number of benzene rings is 1. The minimum atomic E-state index is -0.869. The summed E-state index contributed by atoms with van der Waals surface area (Å²) in [6, 6.07) is 9.88. The Morgan fingerprint density at radius 2 is 1.85 bits per heavy atom. The maximum Gasteiger partial charge on any atom is 0.342 e. The van der Waals surface area contributed by atoms with E-state index in [1.807, 2.05) is 30.3 Å². The number of aryl methyl sites for hydroxylation is 2. The highest BCUT2D eigenvalue weighted by Crippen LogP contribution is 2.14. The van der Waals surface area contributed by atoms with E-state index in [2.05, 4.69) is 5.32 Å². The van der Waals surface area contributed by atoms with Crippen LogP contribution in [0.15, 0.2) is 40.8 Å². The molecule has 0 saturated carbocycles. The van der Waals surface area contributed by atoms with Crippen LogP contribution in [0.25, 0.3) is 0 Å². The molecule has 0 bridgehead atoms. The van der Waals surface area contributed by atoms with Crippen molar-refractivity contribution >= 4 is 17.8 Å².